The smallest absolute Gasteiger partial charge is 0.251 e. The van der Waals surface area contributed by atoms with Crippen LogP contribution in [0.3, 0.4) is 0 Å². The monoisotopic (exact) mass is 459 g/mol. The Morgan fingerprint density at radius 3 is 2.29 bits per heavy atom. The van der Waals surface area contributed by atoms with Crippen molar-refractivity contribution >= 4 is 5.91 Å². The molecule has 1 atom stereocenters. The molecule has 3 aromatic carbocycles. The van der Waals surface area contributed by atoms with Gasteiger partial charge in [-0.2, -0.15) is 0 Å². The topological polar surface area (TPSA) is 47.6 Å². The summed E-state index contributed by atoms with van der Waals surface area (Å²) in [4.78, 5) is 12.9. The highest BCUT2D eigenvalue weighted by atomic mass is 16.5. The molecule has 0 bridgehead atoms. The van der Waals surface area contributed by atoms with Gasteiger partial charge in [-0.15, -0.1) is 0 Å². The molecule has 0 aromatic heterocycles. The third-order valence-corrected chi connectivity index (χ3v) is 5.82. The van der Waals surface area contributed by atoms with Gasteiger partial charge in [-0.1, -0.05) is 63.2 Å². The molecular formula is C30H37NO3. The Morgan fingerprint density at radius 1 is 0.941 bits per heavy atom. The maximum atomic E-state index is 12.9. The van der Waals surface area contributed by atoms with Crippen LogP contribution in [0.15, 0.2) is 72.8 Å². The molecule has 0 saturated carbocycles. The lowest BCUT2D eigenvalue weighted by Gasteiger charge is -2.19. The fourth-order valence-electron chi connectivity index (χ4n) is 3.75. The molecule has 1 amide bonds. The third kappa shape index (κ3) is 7.38. The van der Waals surface area contributed by atoms with Gasteiger partial charge < -0.3 is 14.8 Å². The van der Waals surface area contributed by atoms with Gasteiger partial charge >= 0.3 is 0 Å². The minimum absolute atomic E-state index is 0.0697. The predicted molar refractivity (Wildman–Crippen MR) is 139 cm³/mol. The highest BCUT2D eigenvalue weighted by Gasteiger charge is 2.15. The second kappa shape index (κ2) is 11.7. The summed E-state index contributed by atoms with van der Waals surface area (Å²) in [7, 11) is 0. The lowest BCUT2D eigenvalue weighted by Crippen LogP contribution is -2.33. The van der Waals surface area contributed by atoms with Crippen LogP contribution in [0.1, 0.15) is 68.1 Å². The lowest BCUT2D eigenvalue weighted by molar-refractivity contribution is 0.0938. The van der Waals surface area contributed by atoms with E-state index >= 15 is 0 Å². The van der Waals surface area contributed by atoms with E-state index in [0.29, 0.717) is 18.8 Å². The Labute approximate surface area is 204 Å². The van der Waals surface area contributed by atoms with E-state index in [1.165, 1.54) is 11.1 Å². The summed E-state index contributed by atoms with van der Waals surface area (Å²) in [5.41, 5.74) is 4.10. The Kier molecular flexibility index (Phi) is 8.75. The first-order valence-electron chi connectivity index (χ1n) is 12.1. The van der Waals surface area contributed by atoms with Crippen molar-refractivity contribution in [1.29, 1.82) is 0 Å². The first-order valence-corrected chi connectivity index (χ1v) is 12.1. The van der Waals surface area contributed by atoms with E-state index in [-0.39, 0.29) is 17.4 Å². The first kappa shape index (κ1) is 25.4. The summed E-state index contributed by atoms with van der Waals surface area (Å²) in [6.45, 7) is 11.4. The minimum Gasteiger partial charge on any atom is -0.493 e. The van der Waals surface area contributed by atoms with E-state index in [2.05, 4.69) is 50.4 Å². The molecule has 0 aliphatic carbocycles. The van der Waals surface area contributed by atoms with Crippen molar-refractivity contribution in [2.75, 3.05) is 6.61 Å². The van der Waals surface area contributed by atoms with E-state index in [1.54, 1.807) is 0 Å². The second-order valence-corrected chi connectivity index (χ2v) is 9.72. The van der Waals surface area contributed by atoms with Crippen LogP contribution in [-0.4, -0.2) is 18.6 Å². The number of carbonyl (C=O) groups is 1. The number of hydrogen-bond acceptors (Lipinski definition) is 3. The van der Waals surface area contributed by atoms with Gasteiger partial charge in [0.15, 0.2) is 0 Å². The van der Waals surface area contributed by atoms with Crippen LogP contribution >= 0.6 is 0 Å². The summed E-state index contributed by atoms with van der Waals surface area (Å²) < 4.78 is 11.8. The molecule has 3 aromatic rings. The van der Waals surface area contributed by atoms with Crippen LogP contribution in [0.4, 0.5) is 0 Å². The molecule has 0 heterocycles. The number of amides is 1. The van der Waals surface area contributed by atoms with Crippen molar-refractivity contribution in [1.82, 2.24) is 5.32 Å². The zero-order valence-electron chi connectivity index (χ0n) is 21.1. The van der Waals surface area contributed by atoms with Crippen LogP contribution in [0, 0.1) is 0 Å². The molecule has 180 valence electrons. The van der Waals surface area contributed by atoms with Gasteiger partial charge in [0.2, 0.25) is 0 Å². The molecule has 4 heteroatoms. The summed E-state index contributed by atoms with van der Waals surface area (Å²) in [5, 5.41) is 3.12. The van der Waals surface area contributed by atoms with Crippen LogP contribution in [0.25, 0.3) is 0 Å². The molecule has 1 N–H and O–H groups in total. The van der Waals surface area contributed by atoms with Crippen molar-refractivity contribution in [3.05, 3.63) is 95.1 Å². The molecule has 0 saturated heterocycles. The maximum absolute atomic E-state index is 12.9. The Hall–Kier alpha value is -3.27. The molecule has 3 rings (SSSR count). The zero-order valence-corrected chi connectivity index (χ0v) is 21.1. The second-order valence-electron chi connectivity index (χ2n) is 9.72. The van der Waals surface area contributed by atoms with E-state index < -0.39 is 0 Å². The molecule has 0 aliphatic rings. The number of hydrogen-bond donors (Lipinski definition) is 1. The number of nitrogens with one attached hydrogen (secondary N) is 1. The highest BCUT2D eigenvalue weighted by Crippen LogP contribution is 2.26. The lowest BCUT2D eigenvalue weighted by atomic mass is 9.87. The van der Waals surface area contributed by atoms with Crippen LogP contribution < -0.4 is 14.8 Å². The third-order valence-electron chi connectivity index (χ3n) is 5.82. The van der Waals surface area contributed by atoms with E-state index in [4.69, 9.17) is 9.47 Å². The van der Waals surface area contributed by atoms with Gasteiger partial charge in [-0.25, -0.2) is 0 Å². The number of ether oxygens (including phenoxy) is 2. The average molecular weight is 460 g/mol. The van der Waals surface area contributed by atoms with Crippen molar-refractivity contribution < 1.29 is 14.3 Å². The van der Waals surface area contributed by atoms with Crippen molar-refractivity contribution in [2.24, 2.45) is 0 Å². The number of aryl methyl sites for hydroxylation is 1. The number of benzene rings is 3. The molecule has 0 radical (unpaired) electrons. The fourth-order valence-corrected chi connectivity index (χ4v) is 3.75. The van der Waals surface area contributed by atoms with Gasteiger partial charge in [-0.05, 0) is 73.6 Å². The molecule has 4 nitrogen and oxygen atoms in total. The summed E-state index contributed by atoms with van der Waals surface area (Å²) in [5.74, 6) is 1.45. The average Bonchev–Trinajstić information content (AvgIpc) is 2.82. The predicted octanol–water partition coefficient (Wildman–Crippen LogP) is 6.71. The normalized spacial score (nSPS) is 12.1. The quantitative estimate of drug-likeness (QED) is 0.366. The standard InChI is InChI=1S/C30H37NO3/c1-6-33-28-19-14-24(29(32)31-22(2)12-13-23-10-8-7-9-11-23)20-25(28)21-34-27-17-15-26(16-18-27)30(3,4)5/h7-11,14-20,22H,6,12-13,21H2,1-5H3,(H,31,32). The van der Waals surface area contributed by atoms with Crippen LogP contribution in [-0.2, 0) is 18.4 Å². The SMILES string of the molecule is CCOc1ccc(C(=O)NC(C)CCc2ccccc2)cc1COc1ccc(C(C)(C)C)cc1. The molecular weight excluding hydrogens is 422 g/mol. The first-order chi connectivity index (χ1) is 16.3. The van der Waals surface area contributed by atoms with Crippen molar-refractivity contribution in [3.63, 3.8) is 0 Å². The van der Waals surface area contributed by atoms with Gasteiger partial charge in [0.1, 0.15) is 18.1 Å². The highest BCUT2D eigenvalue weighted by molar-refractivity contribution is 5.94. The Balaban J connectivity index is 1.64. The van der Waals surface area contributed by atoms with Gasteiger partial charge in [0, 0.05) is 17.2 Å². The van der Waals surface area contributed by atoms with Gasteiger partial charge in [-0.3, -0.25) is 4.79 Å². The van der Waals surface area contributed by atoms with Crippen molar-refractivity contribution in [3.8, 4) is 11.5 Å². The fraction of sp³-hybridized carbons (Fsp3) is 0.367. The molecule has 0 fully saturated rings. The largest absolute Gasteiger partial charge is 0.493 e. The van der Waals surface area contributed by atoms with Crippen LogP contribution in [0.5, 0.6) is 11.5 Å². The maximum Gasteiger partial charge on any atom is 0.251 e. The summed E-state index contributed by atoms with van der Waals surface area (Å²) in [6, 6.07) is 24.1. The number of rotatable bonds is 10. The Morgan fingerprint density at radius 2 is 1.65 bits per heavy atom. The van der Waals surface area contributed by atoms with Crippen LogP contribution in [0.2, 0.25) is 0 Å². The minimum atomic E-state index is -0.0839. The van der Waals surface area contributed by atoms with E-state index in [9.17, 15) is 4.79 Å². The summed E-state index contributed by atoms with van der Waals surface area (Å²) in [6.07, 6.45) is 1.81. The van der Waals surface area contributed by atoms with Gasteiger partial charge in [0.25, 0.3) is 5.91 Å². The molecule has 0 spiro atoms. The zero-order chi connectivity index (χ0) is 24.6. The van der Waals surface area contributed by atoms with E-state index in [0.717, 1.165) is 29.9 Å². The van der Waals surface area contributed by atoms with Crippen molar-refractivity contribution in [2.45, 2.75) is 65.5 Å². The Bertz CT molecular complexity index is 1050. The molecule has 0 aliphatic heterocycles. The van der Waals surface area contributed by atoms with E-state index in [1.807, 2.05) is 62.4 Å². The number of carbonyl (C=O) groups excluding carboxylic acids is 1. The van der Waals surface area contributed by atoms with Gasteiger partial charge in [0.05, 0.1) is 6.61 Å². The summed E-state index contributed by atoms with van der Waals surface area (Å²) >= 11 is 0. The molecule has 34 heavy (non-hydrogen) atoms. The molecule has 1 unspecified atom stereocenters.